The van der Waals surface area contributed by atoms with Gasteiger partial charge in [0, 0.05) is 23.5 Å². The van der Waals surface area contributed by atoms with Crippen LogP contribution in [0.15, 0.2) is 54.7 Å². The number of nitrogens with one attached hydrogen (secondary N) is 2. The second-order valence-corrected chi connectivity index (χ2v) is 5.97. The molecule has 2 aromatic carbocycles. The summed E-state index contributed by atoms with van der Waals surface area (Å²) in [6, 6.07) is 15.2. The summed E-state index contributed by atoms with van der Waals surface area (Å²) < 4.78 is 5.54. The molecule has 0 saturated carbocycles. The Morgan fingerprint density at radius 2 is 1.81 bits per heavy atom. The zero-order valence-corrected chi connectivity index (χ0v) is 14.3. The molecule has 0 spiro atoms. The van der Waals surface area contributed by atoms with Gasteiger partial charge in [0.1, 0.15) is 5.75 Å². The molecule has 2 amide bonds. The van der Waals surface area contributed by atoms with Gasteiger partial charge in [-0.15, -0.1) is 0 Å². The standard InChI is InChI=1S/C20H21N3O3/c21-19(24)11-12-26-18-8-4-3-7-17(18)23-20(25)10-9-14-13-22-16-6-2-1-5-15(14)16/h1-8,13,22H,9-12H2,(H2,21,24)(H,23,25). The molecule has 0 saturated heterocycles. The number of rotatable bonds is 8. The number of nitrogens with two attached hydrogens (primary N) is 1. The third-order valence-corrected chi connectivity index (χ3v) is 4.06. The van der Waals surface area contributed by atoms with E-state index in [0.717, 1.165) is 16.5 Å². The molecule has 0 aliphatic heterocycles. The number of aromatic nitrogens is 1. The maximum absolute atomic E-state index is 12.3. The van der Waals surface area contributed by atoms with Gasteiger partial charge in [-0.05, 0) is 30.2 Å². The minimum absolute atomic E-state index is 0.0961. The first-order chi connectivity index (χ1) is 12.6. The molecule has 6 nitrogen and oxygen atoms in total. The topological polar surface area (TPSA) is 97.2 Å². The first-order valence-electron chi connectivity index (χ1n) is 8.48. The van der Waals surface area contributed by atoms with Crippen molar-refractivity contribution in [3.8, 4) is 5.75 Å². The number of ether oxygens (including phenoxy) is 1. The van der Waals surface area contributed by atoms with Crippen LogP contribution in [0.5, 0.6) is 5.75 Å². The highest BCUT2D eigenvalue weighted by Crippen LogP contribution is 2.24. The maximum atomic E-state index is 12.3. The predicted octanol–water partition coefficient (Wildman–Crippen LogP) is 2.99. The number of primary amides is 1. The monoisotopic (exact) mass is 351 g/mol. The fourth-order valence-electron chi connectivity index (χ4n) is 2.76. The molecule has 6 heteroatoms. The Morgan fingerprint density at radius 1 is 1.04 bits per heavy atom. The summed E-state index contributed by atoms with van der Waals surface area (Å²) in [6.45, 7) is 0.178. The van der Waals surface area contributed by atoms with Crippen molar-refractivity contribution in [1.29, 1.82) is 0 Å². The molecular formula is C20H21N3O3. The molecule has 3 aromatic rings. The van der Waals surface area contributed by atoms with E-state index < -0.39 is 5.91 Å². The van der Waals surface area contributed by atoms with E-state index in [4.69, 9.17) is 10.5 Å². The molecule has 3 rings (SSSR count). The van der Waals surface area contributed by atoms with Crippen molar-refractivity contribution in [2.45, 2.75) is 19.3 Å². The van der Waals surface area contributed by atoms with Crippen LogP contribution in [0.25, 0.3) is 10.9 Å². The number of benzene rings is 2. The quantitative estimate of drug-likeness (QED) is 0.582. The highest BCUT2D eigenvalue weighted by Gasteiger charge is 2.10. The molecule has 0 atom stereocenters. The Hall–Kier alpha value is -3.28. The Balaban J connectivity index is 1.59. The van der Waals surface area contributed by atoms with Gasteiger partial charge in [-0.3, -0.25) is 9.59 Å². The zero-order valence-electron chi connectivity index (χ0n) is 14.3. The lowest BCUT2D eigenvalue weighted by atomic mass is 10.1. The average Bonchev–Trinajstić information content (AvgIpc) is 3.04. The van der Waals surface area contributed by atoms with Crippen molar-refractivity contribution in [3.63, 3.8) is 0 Å². The number of aromatic amines is 1. The van der Waals surface area contributed by atoms with E-state index in [9.17, 15) is 9.59 Å². The summed E-state index contributed by atoms with van der Waals surface area (Å²) in [4.78, 5) is 26.4. The lowest BCUT2D eigenvalue weighted by Crippen LogP contribution is -2.16. The Labute approximate surface area is 151 Å². The van der Waals surface area contributed by atoms with Crippen LogP contribution >= 0.6 is 0 Å². The van der Waals surface area contributed by atoms with Gasteiger partial charge in [0.25, 0.3) is 0 Å². The normalized spacial score (nSPS) is 10.6. The highest BCUT2D eigenvalue weighted by molar-refractivity contribution is 5.93. The first kappa shape index (κ1) is 17.5. The zero-order chi connectivity index (χ0) is 18.4. The highest BCUT2D eigenvalue weighted by atomic mass is 16.5. The summed E-state index contributed by atoms with van der Waals surface area (Å²) in [7, 11) is 0. The molecule has 1 heterocycles. The molecule has 0 fully saturated rings. The number of anilines is 1. The number of carbonyl (C=O) groups is 2. The number of hydrogen-bond donors (Lipinski definition) is 3. The number of H-pyrrole nitrogens is 1. The van der Waals surface area contributed by atoms with Crippen molar-refractivity contribution in [1.82, 2.24) is 4.98 Å². The number of fused-ring (bicyclic) bond motifs is 1. The van der Waals surface area contributed by atoms with Crippen molar-refractivity contribution in [2.75, 3.05) is 11.9 Å². The molecule has 26 heavy (non-hydrogen) atoms. The van der Waals surface area contributed by atoms with E-state index in [1.165, 1.54) is 0 Å². The molecule has 0 bridgehead atoms. The summed E-state index contributed by atoms with van der Waals surface area (Å²) in [5.74, 6) is 0.000623. The van der Waals surface area contributed by atoms with Crippen LogP contribution in [-0.2, 0) is 16.0 Å². The Morgan fingerprint density at radius 3 is 2.65 bits per heavy atom. The van der Waals surface area contributed by atoms with Crippen LogP contribution < -0.4 is 15.8 Å². The van der Waals surface area contributed by atoms with Crippen molar-refractivity contribution in [3.05, 3.63) is 60.3 Å². The summed E-state index contributed by atoms with van der Waals surface area (Å²) >= 11 is 0. The van der Waals surface area contributed by atoms with Crippen molar-refractivity contribution < 1.29 is 14.3 Å². The van der Waals surface area contributed by atoms with Gasteiger partial charge >= 0.3 is 0 Å². The minimum Gasteiger partial charge on any atom is -0.491 e. The molecule has 4 N–H and O–H groups in total. The van der Waals surface area contributed by atoms with Crippen LogP contribution in [0.2, 0.25) is 0 Å². The molecule has 0 radical (unpaired) electrons. The van der Waals surface area contributed by atoms with Gasteiger partial charge in [-0.2, -0.15) is 0 Å². The van der Waals surface area contributed by atoms with Gasteiger partial charge in [-0.1, -0.05) is 30.3 Å². The molecule has 0 aliphatic rings. The fraction of sp³-hybridized carbons (Fsp3) is 0.200. The maximum Gasteiger partial charge on any atom is 0.224 e. The summed E-state index contributed by atoms with van der Waals surface area (Å²) in [5, 5.41) is 4.00. The average molecular weight is 351 g/mol. The minimum atomic E-state index is -0.426. The molecular weight excluding hydrogens is 330 g/mol. The van der Waals surface area contributed by atoms with Gasteiger partial charge in [0.15, 0.2) is 0 Å². The van der Waals surface area contributed by atoms with Crippen LogP contribution in [-0.4, -0.2) is 23.4 Å². The predicted molar refractivity (Wildman–Crippen MR) is 101 cm³/mol. The van der Waals surface area contributed by atoms with Crippen molar-refractivity contribution in [2.24, 2.45) is 5.73 Å². The number of carbonyl (C=O) groups excluding carboxylic acids is 2. The van der Waals surface area contributed by atoms with Gasteiger partial charge < -0.3 is 20.8 Å². The Bertz CT molecular complexity index is 917. The van der Waals surface area contributed by atoms with Gasteiger partial charge in [0.2, 0.25) is 11.8 Å². The number of para-hydroxylation sites is 3. The second kappa shape index (κ2) is 8.20. The first-order valence-corrected chi connectivity index (χ1v) is 8.48. The van der Waals surface area contributed by atoms with E-state index in [2.05, 4.69) is 10.3 Å². The van der Waals surface area contributed by atoms with E-state index in [1.54, 1.807) is 18.2 Å². The summed E-state index contributed by atoms with van der Waals surface area (Å²) in [5.41, 5.74) is 7.87. The van der Waals surface area contributed by atoms with Crippen LogP contribution in [0, 0.1) is 0 Å². The number of aryl methyl sites for hydroxylation is 1. The lowest BCUT2D eigenvalue weighted by Gasteiger charge is -2.12. The van der Waals surface area contributed by atoms with E-state index in [1.807, 2.05) is 36.5 Å². The smallest absolute Gasteiger partial charge is 0.224 e. The van der Waals surface area contributed by atoms with E-state index >= 15 is 0 Å². The van der Waals surface area contributed by atoms with Crippen LogP contribution in [0.1, 0.15) is 18.4 Å². The van der Waals surface area contributed by atoms with Crippen LogP contribution in [0.3, 0.4) is 0 Å². The SMILES string of the molecule is NC(=O)CCOc1ccccc1NC(=O)CCc1c[nH]c2ccccc12. The molecule has 0 aliphatic carbocycles. The summed E-state index contributed by atoms with van der Waals surface area (Å²) in [6.07, 6.45) is 3.07. The molecule has 0 unspecified atom stereocenters. The van der Waals surface area contributed by atoms with Crippen LogP contribution in [0.4, 0.5) is 5.69 Å². The Kier molecular flexibility index (Phi) is 5.53. The van der Waals surface area contributed by atoms with Gasteiger partial charge in [-0.25, -0.2) is 0 Å². The largest absolute Gasteiger partial charge is 0.491 e. The molecule has 1 aromatic heterocycles. The third kappa shape index (κ3) is 4.42. The fourth-order valence-corrected chi connectivity index (χ4v) is 2.76. The van der Waals surface area contributed by atoms with E-state index in [0.29, 0.717) is 24.3 Å². The number of hydrogen-bond acceptors (Lipinski definition) is 3. The van der Waals surface area contributed by atoms with Gasteiger partial charge in [0.05, 0.1) is 18.7 Å². The van der Waals surface area contributed by atoms with Crippen molar-refractivity contribution >= 4 is 28.4 Å². The molecule has 134 valence electrons. The van der Waals surface area contributed by atoms with E-state index in [-0.39, 0.29) is 18.9 Å². The third-order valence-electron chi connectivity index (χ3n) is 4.06. The lowest BCUT2D eigenvalue weighted by molar-refractivity contribution is -0.118. The second-order valence-electron chi connectivity index (χ2n) is 5.97. The number of amides is 2.